The molecule has 37 heavy (non-hydrogen) atoms. The topological polar surface area (TPSA) is 82.5 Å². The molecule has 0 saturated carbocycles. The number of anilines is 1. The summed E-state index contributed by atoms with van der Waals surface area (Å²) < 4.78 is 0. The van der Waals surface area contributed by atoms with E-state index in [1.165, 1.54) is 40.0 Å². The lowest BCUT2D eigenvalue weighted by molar-refractivity contribution is 0.102. The molecule has 1 aromatic heterocycles. The number of phenolic OH excluding ortho intramolecular Hbond substituents is 2. The van der Waals surface area contributed by atoms with E-state index in [9.17, 15) is 15.0 Å². The second-order valence-electron chi connectivity index (χ2n) is 9.36. The second-order valence-corrected chi connectivity index (χ2v) is 9.36. The summed E-state index contributed by atoms with van der Waals surface area (Å²) in [7, 11) is 0. The van der Waals surface area contributed by atoms with Gasteiger partial charge in [-0.3, -0.25) is 9.78 Å². The van der Waals surface area contributed by atoms with E-state index in [4.69, 9.17) is 0 Å². The number of aryl methyl sites for hydroxylation is 1. The molecule has 0 fully saturated rings. The Morgan fingerprint density at radius 1 is 0.892 bits per heavy atom. The van der Waals surface area contributed by atoms with Gasteiger partial charge < -0.3 is 15.5 Å². The highest BCUT2D eigenvalue weighted by Gasteiger charge is 2.15. The van der Waals surface area contributed by atoms with Crippen molar-refractivity contribution in [2.45, 2.75) is 40.5 Å². The number of pyridine rings is 1. The molecule has 0 bridgehead atoms. The molecule has 0 aliphatic carbocycles. The molecule has 0 spiro atoms. The first-order valence-corrected chi connectivity index (χ1v) is 12.4. The van der Waals surface area contributed by atoms with Crippen molar-refractivity contribution < 1.29 is 15.0 Å². The van der Waals surface area contributed by atoms with Gasteiger partial charge in [-0.15, -0.1) is 0 Å². The van der Waals surface area contributed by atoms with E-state index in [0.29, 0.717) is 28.8 Å². The van der Waals surface area contributed by atoms with Gasteiger partial charge in [0.15, 0.2) is 0 Å². The van der Waals surface area contributed by atoms with Crippen LogP contribution in [0, 0.1) is 6.92 Å². The predicted molar refractivity (Wildman–Crippen MR) is 150 cm³/mol. The highest BCUT2D eigenvalue weighted by Crippen LogP contribution is 2.39. The quantitative estimate of drug-likeness (QED) is 0.249. The van der Waals surface area contributed by atoms with Crippen LogP contribution in [0.2, 0.25) is 0 Å². The van der Waals surface area contributed by atoms with E-state index in [-0.39, 0.29) is 17.4 Å². The molecule has 4 rings (SSSR count). The number of hydrogen-bond donors (Lipinski definition) is 3. The van der Waals surface area contributed by atoms with Crippen molar-refractivity contribution in [3.8, 4) is 22.6 Å². The van der Waals surface area contributed by atoms with Crippen LogP contribution in [0.3, 0.4) is 0 Å². The number of allylic oxidation sites excluding steroid dienone is 2. The molecule has 0 saturated heterocycles. The van der Waals surface area contributed by atoms with Gasteiger partial charge in [-0.25, -0.2) is 0 Å². The fourth-order valence-corrected chi connectivity index (χ4v) is 4.44. The summed E-state index contributed by atoms with van der Waals surface area (Å²) in [6.07, 6.45) is 4.89. The Hall–Kier alpha value is -4.38. The molecule has 1 heterocycles. The molecule has 0 radical (unpaired) electrons. The number of hydrogen-bond acceptors (Lipinski definition) is 4. The van der Waals surface area contributed by atoms with Gasteiger partial charge in [0.25, 0.3) is 5.91 Å². The Labute approximate surface area is 218 Å². The maximum absolute atomic E-state index is 13.0. The average Bonchev–Trinajstić information content (AvgIpc) is 2.89. The number of nitrogens with zero attached hydrogens (tertiary/aromatic N) is 1. The van der Waals surface area contributed by atoms with Crippen molar-refractivity contribution in [2.24, 2.45) is 0 Å². The SMILES string of the molecule is CC/C(C)=C(/C)c1cc(Cc2cccc(C(=O)Nc3cc(O)c(-c4ccncc4)c(O)c3)c2)ccc1C. The van der Waals surface area contributed by atoms with Crippen molar-refractivity contribution in [1.82, 2.24) is 4.98 Å². The van der Waals surface area contributed by atoms with E-state index in [0.717, 1.165) is 12.0 Å². The van der Waals surface area contributed by atoms with Crippen LogP contribution in [0.25, 0.3) is 16.7 Å². The zero-order chi connectivity index (χ0) is 26.5. The lowest BCUT2D eigenvalue weighted by Crippen LogP contribution is -2.12. The van der Waals surface area contributed by atoms with Gasteiger partial charge in [0.1, 0.15) is 11.5 Å². The second kappa shape index (κ2) is 11.1. The molecule has 3 aromatic carbocycles. The minimum Gasteiger partial charge on any atom is -0.507 e. The zero-order valence-corrected chi connectivity index (χ0v) is 21.7. The highest BCUT2D eigenvalue weighted by atomic mass is 16.3. The van der Waals surface area contributed by atoms with Crippen LogP contribution in [0.4, 0.5) is 5.69 Å². The van der Waals surface area contributed by atoms with Gasteiger partial charge in [-0.05, 0) is 91.3 Å². The third-order valence-corrected chi connectivity index (χ3v) is 6.80. The van der Waals surface area contributed by atoms with Crippen LogP contribution in [-0.4, -0.2) is 21.1 Å². The van der Waals surface area contributed by atoms with Gasteiger partial charge >= 0.3 is 0 Å². The number of carbonyl (C=O) groups excluding carboxylic acids is 1. The smallest absolute Gasteiger partial charge is 0.255 e. The Kier molecular flexibility index (Phi) is 7.73. The number of nitrogens with one attached hydrogen (secondary N) is 1. The summed E-state index contributed by atoms with van der Waals surface area (Å²) >= 11 is 0. The fraction of sp³-hybridized carbons (Fsp3) is 0.188. The summed E-state index contributed by atoms with van der Waals surface area (Å²) in [5, 5.41) is 23.8. The minimum absolute atomic E-state index is 0.131. The minimum atomic E-state index is -0.320. The largest absolute Gasteiger partial charge is 0.507 e. The zero-order valence-electron chi connectivity index (χ0n) is 21.7. The molecule has 0 aliphatic rings. The summed E-state index contributed by atoms with van der Waals surface area (Å²) in [6.45, 7) is 8.66. The lowest BCUT2D eigenvalue weighted by Gasteiger charge is -2.13. The van der Waals surface area contributed by atoms with Crippen molar-refractivity contribution in [3.63, 3.8) is 0 Å². The maximum Gasteiger partial charge on any atom is 0.255 e. The summed E-state index contributed by atoms with van der Waals surface area (Å²) in [5.74, 6) is -0.583. The molecular formula is C32H32N2O3. The van der Waals surface area contributed by atoms with E-state index in [1.807, 2.05) is 18.2 Å². The van der Waals surface area contributed by atoms with Gasteiger partial charge in [0, 0.05) is 35.8 Å². The van der Waals surface area contributed by atoms with Crippen LogP contribution in [-0.2, 0) is 6.42 Å². The number of carbonyl (C=O) groups is 1. The van der Waals surface area contributed by atoms with Gasteiger partial charge in [0.2, 0.25) is 0 Å². The number of aromatic nitrogens is 1. The summed E-state index contributed by atoms with van der Waals surface area (Å²) in [4.78, 5) is 17.0. The normalized spacial score (nSPS) is 11.7. The number of aromatic hydroxyl groups is 2. The third-order valence-electron chi connectivity index (χ3n) is 6.80. The van der Waals surface area contributed by atoms with E-state index >= 15 is 0 Å². The van der Waals surface area contributed by atoms with Crippen LogP contribution in [0.5, 0.6) is 11.5 Å². The van der Waals surface area contributed by atoms with Gasteiger partial charge in [-0.1, -0.05) is 42.8 Å². The Morgan fingerprint density at radius 2 is 1.57 bits per heavy atom. The van der Waals surface area contributed by atoms with E-state index < -0.39 is 0 Å². The molecule has 0 unspecified atom stereocenters. The molecule has 3 N–H and O–H groups in total. The van der Waals surface area contributed by atoms with E-state index in [1.54, 1.807) is 30.6 Å². The molecule has 0 aliphatic heterocycles. The number of amides is 1. The monoisotopic (exact) mass is 492 g/mol. The average molecular weight is 493 g/mol. The molecule has 5 nitrogen and oxygen atoms in total. The fourth-order valence-electron chi connectivity index (χ4n) is 4.44. The van der Waals surface area contributed by atoms with Gasteiger partial charge in [-0.2, -0.15) is 0 Å². The maximum atomic E-state index is 13.0. The van der Waals surface area contributed by atoms with Crippen molar-refractivity contribution in [1.29, 1.82) is 0 Å². The predicted octanol–water partition coefficient (Wildman–Crippen LogP) is 7.51. The van der Waals surface area contributed by atoms with Crippen molar-refractivity contribution in [2.75, 3.05) is 5.32 Å². The molecule has 4 aromatic rings. The summed E-state index contributed by atoms with van der Waals surface area (Å²) in [6, 6.07) is 20.3. The molecule has 5 heteroatoms. The first-order chi connectivity index (χ1) is 17.8. The Bertz CT molecular complexity index is 1450. The van der Waals surface area contributed by atoms with Crippen LogP contribution in [0.15, 0.2) is 84.7 Å². The van der Waals surface area contributed by atoms with Crippen LogP contribution in [0.1, 0.15) is 59.8 Å². The molecule has 1 amide bonds. The van der Waals surface area contributed by atoms with Crippen molar-refractivity contribution in [3.05, 3.63) is 113 Å². The number of rotatable bonds is 7. The standard InChI is InChI=1S/C32H32N2O3/c1-5-20(2)22(4)28-17-24(10-9-21(28)3)15-23-7-6-8-26(16-23)32(37)34-27-18-29(35)31(30(36)19-27)25-11-13-33-14-12-25/h6-14,16-19,35-36H,5,15H2,1-4H3,(H,34,37)/b22-20-. The van der Waals surface area contributed by atoms with E-state index in [2.05, 4.69) is 56.2 Å². The highest BCUT2D eigenvalue weighted by molar-refractivity contribution is 6.05. The van der Waals surface area contributed by atoms with Crippen molar-refractivity contribution >= 4 is 17.2 Å². The summed E-state index contributed by atoms with van der Waals surface area (Å²) in [5.41, 5.74) is 9.15. The molecular weight excluding hydrogens is 460 g/mol. The Balaban J connectivity index is 1.53. The Morgan fingerprint density at radius 3 is 2.24 bits per heavy atom. The number of phenols is 2. The molecule has 188 valence electrons. The number of benzene rings is 3. The lowest BCUT2D eigenvalue weighted by atomic mass is 9.93. The van der Waals surface area contributed by atoms with Gasteiger partial charge in [0.05, 0.1) is 5.56 Å². The molecule has 0 atom stereocenters. The van der Waals surface area contributed by atoms with Crippen LogP contribution < -0.4 is 5.32 Å². The van der Waals surface area contributed by atoms with Crippen LogP contribution >= 0.6 is 0 Å². The third kappa shape index (κ3) is 5.89. The first-order valence-electron chi connectivity index (χ1n) is 12.4. The first kappa shape index (κ1) is 25.7.